The molecule has 17 heavy (non-hydrogen) atoms. The molecule has 0 unspecified atom stereocenters. The topological polar surface area (TPSA) is 75.6 Å². The SMILES string of the molecule is O=C(O)C1(C(=O)ONc2ccc(F)cc2)CC1. The van der Waals surface area contributed by atoms with E-state index in [1.807, 2.05) is 0 Å². The Balaban J connectivity index is 1.93. The monoisotopic (exact) mass is 239 g/mol. The van der Waals surface area contributed by atoms with Gasteiger partial charge in [-0.3, -0.25) is 4.79 Å². The van der Waals surface area contributed by atoms with Gasteiger partial charge in [-0.05, 0) is 37.1 Å². The molecule has 0 radical (unpaired) electrons. The van der Waals surface area contributed by atoms with E-state index in [0.29, 0.717) is 5.69 Å². The fraction of sp³-hybridized carbons (Fsp3) is 0.273. The van der Waals surface area contributed by atoms with Crippen molar-refractivity contribution in [3.63, 3.8) is 0 Å². The maximum Gasteiger partial charge on any atom is 0.349 e. The summed E-state index contributed by atoms with van der Waals surface area (Å²) in [5.41, 5.74) is 1.27. The fourth-order valence-electron chi connectivity index (χ4n) is 1.35. The molecule has 1 aliphatic rings. The minimum Gasteiger partial charge on any atom is -0.480 e. The van der Waals surface area contributed by atoms with Crippen molar-refractivity contribution in [1.82, 2.24) is 0 Å². The number of carboxylic acid groups (broad SMARTS) is 1. The van der Waals surface area contributed by atoms with E-state index in [-0.39, 0.29) is 12.8 Å². The Morgan fingerprint density at radius 2 is 1.88 bits per heavy atom. The van der Waals surface area contributed by atoms with Crippen LogP contribution in [0.4, 0.5) is 10.1 Å². The summed E-state index contributed by atoms with van der Waals surface area (Å²) in [5.74, 6) is -2.41. The van der Waals surface area contributed by atoms with Crippen molar-refractivity contribution in [2.45, 2.75) is 12.8 Å². The van der Waals surface area contributed by atoms with Gasteiger partial charge in [0.2, 0.25) is 0 Å². The Bertz CT molecular complexity index is 453. The Morgan fingerprint density at radius 1 is 1.29 bits per heavy atom. The lowest BCUT2D eigenvalue weighted by atomic mass is 10.1. The number of aliphatic carboxylic acids is 1. The molecule has 1 aromatic carbocycles. The van der Waals surface area contributed by atoms with E-state index in [1.165, 1.54) is 24.3 Å². The van der Waals surface area contributed by atoms with Crippen molar-refractivity contribution >= 4 is 17.6 Å². The molecular formula is C11H10FNO4. The predicted octanol–water partition coefficient (Wildman–Crippen LogP) is 1.56. The second kappa shape index (κ2) is 4.04. The van der Waals surface area contributed by atoms with Crippen LogP contribution in [0.15, 0.2) is 24.3 Å². The highest BCUT2D eigenvalue weighted by Gasteiger charge is 2.59. The van der Waals surface area contributed by atoms with Crippen molar-refractivity contribution in [2.24, 2.45) is 5.41 Å². The van der Waals surface area contributed by atoms with Gasteiger partial charge in [-0.15, -0.1) is 0 Å². The van der Waals surface area contributed by atoms with Crippen LogP contribution in [-0.2, 0) is 14.4 Å². The van der Waals surface area contributed by atoms with Crippen LogP contribution >= 0.6 is 0 Å². The number of halogens is 1. The van der Waals surface area contributed by atoms with E-state index >= 15 is 0 Å². The average Bonchev–Trinajstić information content (AvgIpc) is 3.09. The van der Waals surface area contributed by atoms with Crippen molar-refractivity contribution in [3.8, 4) is 0 Å². The number of anilines is 1. The summed E-state index contributed by atoms with van der Waals surface area (Å²) in [4.78, 5) is 26.9. The van der Waals surface area contributed by atoms with Gasteiger partial charge in [-0.2, -0.15) is 0 Å². The van der Waals surface area contributed by atoms with Gasteiger partial charge in [0, 0.05) is 0 Å². The fourth-order valence-corrected chi connectivity index (χ4v) is 1.35. The van der Waals surface area contributed by atoms with Crippen LogP contribution < -0.4 is 5.48 Å². The summed E-state index contributed by atoms with van der Waals surface area (Å²) in [5, 5.41) is 8.83. The second-order valence-corrected chi connectivity index (χ2v) is 3.89. The number of rotatable bonds is 4. The van der Waals surface area contributed by atoms with Crippen LogP contribution in [0.2, 0.25) is 0 Å². The molecule has 2 N–H and O–H groups in total. The van der Waals surface area contributed by atoms with Gasteiger partial charge >= 0.3 is 11.9 Å². The van der Waals surface area contributed by atoms with Gasteiger partial charge in [0.15, 0.2) is 5.41 Å². The van der Waals surface area contributed by atoms with E-state index in [2.05, 4.69) is 10.3 Å². The molecule has 1 aliphatic carbocycles. The zero-order valence-corrected chi connectivity index (χ0v) is 8.77. The minimum atomic E-state index is -1.40. The molecule has 1 fully saturated rings. The first-order valence-corrected chi connectivity index (χ1v) is 5.01. The van der Waals surface area contributed by atoms with Crippen LogP contribution in [0.3, 0.4) is 0 Å². The summed E-state index contributed by atoms with van der Waals surface area (Å²) in [6.07, 6.45) is 0.568. The number of carboxylic acids is 1. The van der Waals surface area contributed by atoms with E-state index in [4.69, 9.17) is 5.11 Å². The molecule has 5 nitrogen and oxygen atoms in total. The summed E-state index contributed by atoms with van der Waals surface area (Å²) in [6, 6.07) is 5.15. The van der Waals surface area contributed by atoms with Crippen molar-refractivity contribution in [1.29, 1.82) is 0 Å². The lowest BCUT2D eigenvalue weighted by Crippen LogP contribution is -2.29. The average molecular weight is 239 g/mol. The van der Waals surface area contributed by atoms with E-state index in [1.54, 1.807) is 0 Å². The van der Waals surface area contributed by atoms with Crippen molar-refractivity contribution in [3.05, 3.63) is 30.1 Å². The van der Waals surface area contributed by atoms with Crippen LogP contribution in [-0.4, -0.2) is 17.0 Å². The number of hydrogen-bond acceptors (Lipinski definition) is 4. The largest absolute Gasteiger partial charge is 0.480 e. The first-order chi connectivity index (χ1) is 8.04. The molecule has 6 heteroatoms. The molecule has 0 amide bonds. The summed E-state index contributed by atoms with van der Waals surface area (Å²) >= 11 is 0. The molecule has 1 aromatic rings. The predicted molar refractivity (Wildman–Crippen MR) is 55.4 cm³/mol. The molecule has 0 aromatic heterocycles. The third kappa shape index (κ3) is 2.20. The number of carbonyl (C=O) groups is 2. The van der Waals surface area contributed by atoms with Crippen LogP contribution in [0, 0.1) is 11.2 Å². The van der Waals surface area contributed by atoms with E-state index in [0.717, 1.165) is 0 Å². The Labute approximate surface area is 96.2 Å². The maximum atomic E-state index is 12.6. The molecule has 1 saturated carbocycles. The zero-order chi connectivity index (χ0) is 12.5. The minimum absolute atomic E-state index is 0.284. The quantitative estimate of drug-likeness (QED) is 0.616. The third-order valence-corrected chi connectivity index (χ3v) is 2.66. The van der Waals surface area contributed by atoms with Crippen LogP contribution in [0.25, 0.3) is 0 Å². The summed E-state index contributed by atoms with van der Waals surface area (Å²) < 4.78 is 12.6. The highest BCUT2D eigenvalue weighted by Crippen LogP contribution is 2.46. The molecule has 90 valence electrons. The van der Waals surface area contributed by atoms with E-state index in [9.17, 15) is 14.0 Å². The van der Waals surface area contributed by atoms with Crippen molar-refractivity contribution in [2.75, 3.05) is 5.48 Å². The Morgan fingerprint density at radius 3 is 2.35 bits per heavy atom. The Hall–Kier alpha value is -2.11. The first kappa shape index (κ1) is 11.4. The van der Waals surface area contributed by atoms with E-state index < -0.39 is 23.2 Å². The lowest BCUT2D eigenvalue weighted by molar-refractivity contribution is -0.159. The molecule has 2 rings (SSSR count). The molecule has 0 aliphatic heterocycles. The van der Waals surface area contributed by atoms with Crippen LogP contribution in [0.1, 0.15) is 12.8 Å². The van der Waals surface area contributed by atoms with Gasteiger partial charge in [0.05, 0.1) is 5.69 Å². The van der Waals surface area contributed by atoms with Crippen molar-refractivity contribution < 1.29 is 23.9 Å². The van der Waals surface area contributed by atoms with Crippen LogP contribution in [0.5, 0.6) is 0 Å². The van der Waals surface area contributed by atoms with Gasteiger partial charge in [-0.25, -0.2) is 14.7 Å². The second-order valence-electron chi connectivity index (χ2n) is 3.89. The molecular weight excluding hydrogens is 229 g/mol. The summed E-state index contributed by atoms with van der Waals surface area (Å²) in [6.45, 7) is 0. The number of carbonyl (C=O) groups excluding carboxylic acids is 1. The molecule has 0 spiro atoms. The number of benzene rings is 1. The standard InChI is InChI=1S/C11H10FNO4/c12-7-1-3-8(4-2-7)13-17-10(16)11(5-6-11)9(14)15/h1-4,13H,5-6H2,(H,14,15). The number of hydrogen-bond donors (Lipinski definition) is 2. The first-order valence-electron chi connectivity index (χ1n) is 5.01. The molecule has 0 saturated heterocycles. The highest BCUT2D eigenvalue weighted by atomic mass is 19.1. The summed E-state index contributed by atoms with van der Waals surface area (Å²) in [7, 11) is 0. The Kier molecular flexibility index (Phi) is 2.71. The molecule has 0 bridgehead atoms. The molecule has 0 heterocycles. The van der Waals surface area contributed by atoms with Gasteiger partial charge < -0.3 is 9.94 Å². The lowest BCUT2D eigenvalue weighted by Gasteiger charge is -2.10. The normalized spacial score (nSPS) is 16.1. The smallest absolute Gasteiger partial charge is 0.349 e. The zero-order valence-electron chi connectivity index (χ0n) is 8.77. The number of nitrogens with one attached hydrogen (secondary N) is 1. The van der Waals surface area contributed by atoms with Gasteiger partial charge in [-0.1, -0.05) is 0 Å². The highest BCUT2D eigenvalue weighted by molar-refractivity contribution is 6.02. The van der Waals surface area contributed by atoms with Gasteiger partial charge in [0.25, 0.3) is 0 Å². The third-order valence-electron chi connectivity index (χ3n) is 2.66. The molecule has 0 atom stereocenters. The maximum absolute atomic E-state index is 12.6. The van der Waals surface area contributed by atoms with Gasteiger partial charge in [0.1, 0.15) is 5.82 Å².